The van der Waals surface area contributed by atoms with E-state index in [-0.39, 0.29) is 5.79 Å². The molecule has 0 bridgehead atoms. The molecule has 1 heterocycles. The lowest BCUT2D eigenvalue weighted by atomic mass is 9.79. The van der Waals surface area contributed by atoms with Gasteiger partial charge in [0.05, 0.1) is 13.1 Å². The van der Waals surface area contributed by atoms with Crippen LogP contribution in [0.2, 0.25) is 0 Å². The fourth-order valence-corrected chi connectivity index (χ4v) is 3.20. The maximum atomic E-state index is 9.39. The van der Waals surface area contributed by atoms with Gasteiger partial charge in [-0.15, -0.1) is 0 Å². The smallest absolute Gasteiger partial charge is 0.193 e. The molecule has 0 amide bonds. The maximum absolute atomic E-state index is 9.39. The molecule has 2 rings (SSSR count). The molecule has 100 valence electrons. The summed E-state index contributed by atoms with van der Waals surface area (Å²) in [6.45, 7) is 3.14. The highest BCUT2D eigenvalue weighted by molar-refractivity contribution is 4.91. The summed E-state index contributed by atoms with van der Waals surface area (Å²) in [5.41, 5.74) is 0. The number of ether oxygens (including phenoxy) is 2. The molecular formula is C13H25NO3. The van der Waals surface area contributed by atoms with Crippen molar-refractivity contribution in [3.63, 3.8) is 0 Å². The number of nitrogens with zero attached hydrogens (tertiary/aromatic N) is 1. The van der Waals surface area contributed by atoms with E-state index in [2.05, 4.69) is 4.90 Å². The van der Waals surface area contributed by atoms with Crippen LogP contribution in [-0.4, -0.2) is 56.3 Å². The number of aliphatic hydroxyl groups is 1. The molecule has 1 N–H and O–H groups in total. The summed E-state index contributed by atoms with van der Waals surface area (Å²) in [6, 6.07) is 0. The van der Waals surface area contributed by atoms with Crippen LogP contribution >= 0.6 is 0 Å². The molecule has 2 fully saturated rings. The van der Waals surface area contributed by atoms with Gasteiger partial charge < -0.3 is 14.6 Å². The van der Waals surface area contributed by atoms with Crippen molar-refractivity contribution in [3.05, 3.63) is 0 Å². The maximum Gasteiger partial charge on any atom is 0.193 e. The average Bonchev–Trinajstić information content (AvgIpc) is 2.34. The minimum atomic E-state index is -0.372. The summed E-state index contributed by atoms with van der Waals surface area (Å²) in [6.07, 6.45) is 5.04. The van der Waals surface area contributed by atoms with Crippen molar-refractivity contribution < 1.29 is 14.6 Å². The van der Waals surface area contributed by atoms with E-state index in [1.807, 2.05) is 0 Å². The van der Waals surface area contributed by atoms with Gasteiger partial charge >= 0.3 is 0 Å². The van der Waals surface area contributed by atoms with Crippen molar-refractivity contribution in [1.82, 2.24) is 4.90 Å². The number of aliphatic hydroxyl groups excluding tert-OH is 1. The fraction of sp³-hybridized carbons (Fsp3) is 1.00. The molecule has 2 aliphatic rings. The van der Waals surface area contributed by atoms with E-state index in [9.17, 15) is 5.11 Å². The van der Waals surface area contributed by atoms with Gasteiger partial charge in [-0.1, -0.05) is 12.8 Å². The summed E-state index contributed by atoms with van der Waals surface area (Å²) >= 11 is 0. The van der Waals surface area contributed by atoms with Crippen molar-refractivity contribution in [3.8, 4) is 0 Å². The number of rotatable bonds is 5. The van der Waals surface area contributed by atoms with Crippen molar-refractivity contribution in [2.45, 2.75) is 31.5 Å². The van der Waals surface area contributed by atoms with Crippen LogP contribution in [0.15, 0.2) is 0 Å². The van der Waals surface area contributed by atoms with Crippen LogP contribution in [0.4, 0.5) is 0 Å². The van der Waals surface area contributed by atoms with Crippen molar-refractivity contribution in [2.75, 3.05) is 40.5 Å². The second-order valence-electron chi connectivity index (χ2n) is 5.48. The van der Waals surface area contributed by atoms with Gasteiger partial charge in [0.25, 0.3) is 0 Å². The number of methoxy groups -OCH3 is 2. The molecule has 2 atom stereocenters. The molecule has 1 saturated heterocycles. The highest BCUT2D eigenvalue weighted by Crippen LogP contribution is 2.33. The van der Waals surface area contributed by atoms with E-state index < -0.39 is 0 Å². The number of likely N-dealkylation sites (tertiary alicyclic amines) is 1. The Labute approximate surface area is 104 Å². The molecular weight excluding hydrogens is 218 g/mol. The lowest BCUT2D eigenvalue weighted by Crippen LogP contribution is -2.64. The highest BCUT2D eigenvalue weighted by Gasteiger charge is 2.44. The molecule has 4 nitrogen and oxygen atoms in total. The third kappa shape index (κ3) is 2.81. The molecule has 0 radical (unpaired) electrons. The summed E-state index contributed by atoms with van der Waals surface area (Å²) in [5, 5.41) is 9.39. The Hall–Kier alpha value is -0.160. The zero-order valence-corrected chi connectivity index (χ0v) is 11.0. The summed E-state index contributed by atoms with van der Waals surface area (Å²) in [7, 11) is 3.41. The predicted octanol–water partition coefficient (Wildman–Crippen LogP) is 1.09. The molecule has 4 heteroatoms. The van der Waals surface area contributed by atoms with E-state index in [1.165, 1.54) is 25.7 Å². The largest absolute Gasteiger partial charge is 0.396 e. The quantitative estimate of drug-likeness (QED) is 0.734. The van der Waals surface area contributed by atoms with Crippen LogP contribution < -0.4 is 0 Å². The first-order chi connectivity index (χ1) is 8.23. The second kappa shape index (κ2) is 5.65. The Morgan fingerprint density at radius 1 is 1.12 bits per heavy atom. The lowest BCUT2D eigenvalue weighted by Gasteiger charge is -2.49. The number of hydrogen-bond acceptors (Lipinski definition) is 4. The van der Waals surface area contributed by atoms with Gasteiger partial charge in [0.2, 0.25) is 0 Å². The summed E-state index contributed by atoms with van der Waals surface area (Å²) < 4.78 is 10.8. The van der Waals surface area contributed by atoms with E-state index in [0.29, 0.717) is 18.4 Å². The average molecular weight is 243 g/mol. The first-order valence-corrected chi connectivity index (χ1v) is 6.66. The van der Waals surface area contributed by atoms with E-state index in [0.717, 1.165) is 19.6 Å². The number of hydrogen-bond donors (Lipinski definition) is 1. The van der Waals surface area contributed by atoms with Gasteiger partial charge in [0.1, 0.15) is 0 Å². The zero-order chi connectivity index (χ0) is 12.3. The van der Waals surface area contributed by atoms with E-state index in [4.69, 9.17) is 9.47 Å². The monoisotopic (exact) mass is 243 g/mol. The van der Waals surface area contributed by atoms with Crippen LogP contribution in [0.25, 0.3) is 0 Å². The molecule has 17 heavy (non-hydrogen) atoms. The Bertz CT molecular complexity index is 235. The first kappa shape index (κ1) is 13.3. The van der Waals surface area contributed by atoms with Crippen molar-refractivity contribution in [2.24, 2.45) is 11.8 Å². The van der Waals surface area contributed by atoms with Gasteiger partial charge in [-0.2, -0.15) is 0 Å². The summed E-state index contributed by atoms with van der Waals surface area (Å²) in [5.74, 6) is 0.785. The van der Waals surface area contributed by atoms with Crippen LogP contribution in [0.3, 0.4) is 0 Å². The molecule has 0 spiro atoms. The Morgan fingerprint density at radius 3 is 2.24 bits per heavy atom. The SMILES string of the molecule is COC1(OC)CN(CC2CCCCC2CO)C1. The van der Waals surface area contributed by atoms with Gasteiger partial charge in [-0.05, 0) is 24.7 Å². The summed E-state index contributed by atoms with van der Waals surface area (Å²) in [4.78, 5) is 2.38. The Morgan fingerprint density at radius 2 is 1.71 bits per heavy atom. The molecule has 1 aliphatic heterocycles. The third-order valence-corrected chi connectivity index (χ3v) is 4.47. The van der Waals surface area contributed by atoms with Crippen LogP contribution in [0.5, 0.6) is 0 Å². The van der Waals surface area contributed by atoms with Crippen LogP contribution in [0, 0.1) is 11.8 Å². The molecule has 2 unspecified atom stereocenters. The van der Waals surface area contributed by atoms with E-state index >= 15 is 0 Å². The van der Waals surface area contributed by atoms with Gasteiger partial charge in [-0.3, -0.25) is 4.90 Å². The molecule has 0 aromatic heterocycles. The molecule has 0 aromatic rings. The minimum Gasteiger partial charge on any atom is -0.396 e. The standard InChI is InChI=1S/C13H25NO3/c1-16-13(17-2)9-14(10-13)7-11-5-3-4-6-12(11)8-15/h11-12,15H,3-10H2,1-2H3. The third-order valence-electron chi connectivity index (χ3n) is 4.47. The van der Waals surface area contributed by atoms with Crippen molar-refractivity contribution >= 4 is 0 Å². The lowest BCUT2D eigenvalue weighted by molar-refractivity contribution is -0.277. The topological polar surface area (TPSA) is 41.9 Å². The normalized spacial score (nSPS) is 33.4. The Kier molecular flexibility index (Phi) is 4.42. The fourth-order valence-electron chi connectivity index (χ4n) is 3.20. The predicted molar refractivity (Wildman–Crippen MR) is 65.7 cm³/mol. The van der Waals surface area contributed by atoms with Crippen molar-refractivity contribution in [1.29, 1.82) is 0 Å². The molecule has 0 aromatic carbocycles. The molecule has 1 aliphatic carbocycles. The first-order valence-electron chi connectivity index (χ1n) is 6.66. The van der Waals surface area contributed by atoms with E-state index in [1.54, 1.807) is 14.2 Å². The minimum absolute atomic E-state index is 0.345. The van der Waals surface area contributed by atoms with Crippen LogP contribution in [0.1, 0.15) is 25.7 Å². The highest BCUT2D eigenvalue weighted by atomic mass is 16.7. The van der Waals surface area contributed by atoms with Gasteiger partial charge in [0, 0.05) is 27.4 Å². The zero-order valence-electron chi connectivity index (χ0n) is 11.0. The van der Waals surface area contributed by atoms with Gasteiger partial charge in [0.15, 0.2) is 5.79 Å². The Balaban J connectivity index is 1.78. The second-order valence-corrected chi connectivity index (χ2v) is 5.48. The van der Waals surface area contributed by atoms with Crippen LogP contribution in [-0.2, 0) is 9.47 Å². The van der Waals surface area contributed by atoms with Gasteiger partial charge in [-0.25, -0.2) is 0 Å². The molecule has 1 saturated carbocycles.